The molecular weight excluding hydrogens is 317 g/mol. The van der Waals surface area contributed by atoms with Crippen LogP contribution in [0.2, 0.25) is 10.0 Å². The lowest BCUT2D eigenvalue weighted by molar-refractivity contribution is 0.798. The first kappa shape index (κ1) is 13.7. The van der Waals surface area contributed by atoms with E-state index in [-0.39, 0.29) is 0 Å². The second kappa shape index (κ2) is 5.04. The molecule has 0 amide bonds. The molecule has 0 spiro atoms. The molecule has 1 N–H and O–H groups in total. The normalized spacial score (nSPS) is 11.6. The number of benzene rings is 2. The van der Waals surface area contributed by atoms with E-state index >= 15 is 0 Å². The summed E-state index contributed by atoms with van der Waals surface area (Å²) >= 11 is 12.2. The highest BCUT2D eigenvalue weighted by molar-refractivity contribution is 6.42. The predicted octanol–water partition coefficient (Wildman–Crippen LogP) is 5.51. The van der Waals surface area contributed by atoms with Crippen molar-refractivity contribution in [1.29, 1.82) is 0 Å². The number of aryl methyl sites for hydroxylation is 1. The third-order valence-corrected chi connectivity index (χ3v) is 4.63. The number of rotatable bonds is 2. The number of H-pyrrole nitrogens is 1. The minimum absolute atomic E-state index is 0.517. The minimum atomic E-state index is 0.517. The van der Waals surface area contributed by atoms with E-state index in [0.29, 0.717) is 10.0 Å². The van der Waals surface area contributed by atoms with Gasteiger partial charge in [-0.25, -0.2) is 4.98 Å². The van der Waals surface area contributed by atoms with Gasteiger partial charge in [0.25, 0.3) is 0 Å². The molecule has 0 bridgehead atoms. The molecule has 0 aliphatic heterocycles. The van der Waals surface area contributed by atoms with Crippen LogP contribution in [-0.4, -0.2) is 14.5 Å². The zero-order valence-electron chi connectivity index (χ0n) is 11.9. The standard InChI is InChI=1S/C17H13Cl2N3/c1-2-22-9-11(10-5-3-4-6-16(10)22)17-20-14-7-12(18)13(19)8-15(14)21-17/h3-9H,2H2,1H3,(H,20,21). The van der Waals surface area contributed by atoms with E-state index in [9.17, 15) is 0 Å². The van der Waals surface area contributed by atoms with Gasteiger partial charge >= 0.3 is 0 Å². The van der Waals surface area contributed by atoms with Crippen LogP contribution >= 0.6 is 23.2 Å². The molecule has 5 heteroatoms. The van der Waals surface area contributed by atoms with Crippen molar-refractivity contribution in [3.8, 4) is 11.4 Å². The molecule has 0 saturated carbocycles. The smallest absolute Gasteiger partial charge is 0.140 e. The maximum Gasteiger partial charge on any atom is 0.140 e. The summed E-state index contributed by atoms with van der Waals surface area (Å²) in [5, 5.41) is 2.23. The van der Waals surface area contributed by atoms with Gasteiger partial charge in [-0.05, 0) is 25.1 Å². The summed E-state index contributed by atoms with van der Waals surface area (Å²) in [6, 6.07) is 11.9. The van der Waals surface area contributed by atoms with Crippen LogP contribution in [0.15, 0.2) is 42.6 Å². The van der Waals surface area contributed by atoms with E-state index in [2.05, 4.69) is 45.9 Å². The van der Waals surface area contributed by atoms with Crippen molar-refractivity contribution in [3.05, 3.63) is 52.6 Å². The van der Waals surface area contributed by atoms with E-state index in [1.54, 1.807) is 6.07 Å². The summed E-state index contributed by atoms with van der Waals surface area (Å²) in [4.78, 5) is 8.01. The van der Waals surface area contributed by atoms with E-state index < -0.39 is 0 Å². The molecule has 0 unspecified atom stereocenters. The number of nitrogens with zero attached hydrogens (tertiary/aromatic N) is 2. The molecule has 4 aromatic rings. The maximum atomic E-state index is 6.08. The summed E-state index contributed by atoms with van der Waals surface area (Å²) in [6.45, 7) is 3.05. The maximum absolute atomic E-state index is 6.08. The fourth-order valence-electron chi connectivity index (χ4n) is 2.83. The molecule has 4 rings (SSSR count). The average molecular weight is 330 g/mol. The Labute approximate surface area is 137 Å². The zero-order valence-corrected chi connectivity index (χ0v) is 13.4. The molecule has 22 heavy (non-hydrogen) atoms. The quantitative estimate of drug-likeness (QED) is 0.516. The first-order valence-corrected chi connectivity index (χ1v) is 7.86. The lowest BCUT2D eigenvalue weighted by atomic mass is 10.2. The molecular formula is C17H13Cl2N3. The Balaban J connectivity index is 1.99. The number of para-hydroxylation sites is 1. The number of nitrogens with one attached hydrogen (secondary N) is 1. The molecule has 2 heterocycles. The number of hydrogen-bond donors (Lipinski definition) is 1. The highest BCUT2D eigenvalue weighted by Gasteiger charge is 2.13. The lowest BCUT2D eigenvalue weighted by Crippen LogP contribution is -1.89. The molecule has 110 valence electrons. The molecule has 0 radical (unpaired) electrons. The van der Waals surface area contributed by atoms with Crippen molar-refractivity contribution in [1.82, 2.24) is 14.5 Å². The van der Waals surface area contributed by atoms with Gasteiger partial charge < -0.3 is 9.55 Å². The summed E-state index contributed by atoms with van der Waals surface area (Å²) in [5.41, 5.74) is 3.99. The first-order valence-electron chi connectivity index (χ1n) is 7.10. The van der Waals surface area contributed by atoms with Gasteiger partial charge in [0.2, 0.25) is 0 Å². The molecule has 0 aliphatic rings. The third kappa shape index (κ3) is 2.01. The number of aromatic amines is 1. The van der Waals surface area contributed by atoms with E-state index in [1.807, 2.05) is 12.1 Å². The van der Waals surface area contributed by atoms with Crippen LogP contribution in [0.1, 0.15) is 6.92 Å². The second-order valence-electron chi connectivity index (χ2n) is 5.21. The van der Waals surface area contributed by atoms with Crippen LogP contribution in [0.3, 0.4) is 0 Å². The van der Waals surface area contributed by atoms with Crippen molar-refractivity contribution < 1.29 is 0 Å². The first-order chi connectivity index (χ1) is 10.7. The third-order valence-electron chi connectivity index (χ3n) is 3.91. The zero-order chi connectivity index (χ0) is 15.3. The van der Waals surface area contributed by atoms with E-state index in [1.165, 1.54) is 10.9 Å². The predicted molar refractivity (Wildman–Crippen MR) is 92.7 cm³/mol. The van der Waals surface area contributed by atoms with E-state index in [4.69, 9.17) is 23.2 Å². The minimum Gasteiger partial charge on any atom is -0.347 e. The largest absolute Gasteiger partial charge is 0.347 e. The number of imidazole rings is 1. The van der Waals surface area contributed by atoms with Gasteiger partial charge in [-0.3, -0.25) is 0 Å². The summed E-state index contributed by atoms with van der Waals surface area (Å²) in [6.07, 6.45) is 2.13. The monoisotopic (exact) mass is 329 g/mol. The van der Waals surface area contributed by atoms with Gasteiger partial charge in [0.1, 0.15) is 5.82 Å². The Morgan fingerprint density at radius 2 is 1.91 bits per heavy atom. The van der Waals surface area contributed by atoms with Gasteiger partial charge in [0.05, 0.1) is 21.1 Å². The Morgan fingerprint density at radius 1 is 1.14 bits per heavy atom. The highest BCUT2D eigenvalue weighted by Crippen LogP contribution is 2.32. The van der Waals surface area contributed by atoms with Crippen molar-refractivity contribution in [2.24, 2.45) is 0 Å². The Morgan fingerprint density at radius 3 is 2.73 bits per heavy atom. The fourth-order valence-corrected chi connectivity index (χ4v) is 3.15. The fraction of sp³-hybridized carbons (Fsp3) is 0.118. The Kier molecular flexibility index (Phi) is 3.13. The van der Waals surface area contributed by atoms with Crippen LogP contribution in [0, 0.1) is 0 Å². The molecule has 0 saturated heterocycles. The van der Waals surface area contributed by atoms with Gasteiger partial charge in [-0.15, -0.1) is 0 Å². The van der Waals surface area contributed by atoms with Gasteiger partial charge in [-0.2, -0.15) is 0 Å². The van der Waals surface area contributed by atoms with Crippen LogP contribution < -0.4 is 0 Å². The highest BCUT2D eigenvalue weighted by atomic mass is 35.5. The van der Waals surface area contributed by atoms with Crippen molar-refractivity contribution in [3.63, 3.8) is 0 Å². The van der Waals surface area contributed by atoms with Crippen LogP contribution in [0.25, 0.3) is 33.3 Å². The molecule has 2 aromatic carbocycles. The van der Waals surface area contributed by atoms with Crippen LogP contribution in [0.4, 0.5) is 0 Å². The molecule has 0 aliphatic carbocycles. The van der Waals surface area contributed by atoms with E-state index in [0.717, 1.165) is 29.0 Å². The Bertz CT molecular complexity index is 959. The van der Waals surface area contributed by atoms with Crippen molar-refractivity contribution in [2.75, 3.05) is 0 Å². The van der Waals surface area contributed by atoms with Crippen molar-refractivity contribution >= 4 is 45.1 Å². The number of aromatic nitrogens is 3. The van der Waals surface area contributed by atoms with Crippen LogP contribution in [-0.2, 0) is 6.54 Å². The summed E-state index contributed by atoms with van der Waals surface area (Å²) in [5.74, 6) is 0.830. The number of hydrogen-bond acceptors (Lipinski definition) is 1. The second-order valence-corrected chi connectivity index (χ2v) is 6.03. The molecule has 0 atom stereocenters. The number of fused-ring (bicyclic) bond motifs is 2. The summed E-state index contributed by atoms with van der Waals surface area (Å²) < 4.78 is 2.22. The van der Waals surface area contributed by atoms with Crippen LogP contribution in [0.5, 0.6) is 0 Å². The Hall–Kier alpha value is -1.97. The molecule has 3 nitrogen and oxygen atoms in total. The van der Waals surface area contributed by atoms with Gasteiger partial charge in [0.15, 0.2) is 0 Å². The number of halogens is 2. The molecule has 0 fully saturated rings. The molecule has 2 aromatic heterocycles. The van der Waals surface area contributed by atoms with Gasteiger partial charge in [0, 0.05) is 29.2 Å². The topological polar surface area (TPSA) is 33.6 Å². The lowest BCUT2D eigenvalue weighted by Gasteiger charge is -1.97. The van der Waals surface area contributed by atoms with Gasteiger partial charge in [-0.1, -0.05) is 41.4 Å². The summed E-state index contributed by atoms with van der Waals surface area (Å²) in [7, 11) is 0. The van der Waals surface area contributed by atoms with Crippen molar-refractivity contribution in [2.45, 2.75) is 13.5 Å². The average Bonchev–Trinajstić information content (AvgIpc) is 3.08. The SMILES string of the molecule is CCn1cc(-c2nc3cc(Cl)c(Cl)cc3[nH]2)c2ccccc21.